The number of aliphatic hydroxyl groups is 2. The molecule has 0 bridgehead atoms. The van der Waals surface area contributed by atoms with Crippen molar-refractivity contribution in [2.24, 2.45) is 11.3 Å². The summed E-state index contributed by atoms with van der Waals surface area (Å²) in [5.41, 5.74) is -1.62. The zero-order chi connectivity index (χ0) is 33.3. The molecule has 0 radical (unpaired) electrons. The Morgan fingerprint density at radius 2 is 1.54 bits per heavy atom. The van der Waals surface area contributed by atoms with E-state index >= 15 is 0 Å². The Bertz CT molecular complexity index is 1500. The van der Waals surface area contributed by atoms with E-state index in [9.17, 15) is 47.7 Å². The van der Waals surface area contributed by atoms with E-state index in [0.29, 0.717) is 24.0 Å². The first kappa shape index (κ1) is 33.5. The van der Waals surface area contributed by atoms with Crippen LogP contribution in [0, 0.1) is 11.3 Å². The summed E-state index contributed by atoms with van der Waals surface area (Å²) in [6.45, 7) is -0.594. The predicted molar refractivity (Wildman–Crippen MR) is 160 cm³/mol. The molecule has 3 aliphatic rings. The number of carboxylic acid groups (broad SMARTS) is 1. The average Bonchev–Trinajstić information content (AvgIpc) is 3.51. The number of piperidine rings is 1. The topological polar surface area (TPSA) is 144 Å². The third kappa shape index (κ3) is 6.77. The number of halogens is 3. The summed E-state index contributed by atoms with van der Waals surface area (Å²) in [7, 11) is 0. The first-order valence-electron chi connectivity index (χ1n) is 15.5. The quantitative estimate of drug-likeness (QED) is 0.419. The third-order valence-corrected chi connectivity index (χ3v) is 9.91. The molecule has 1 unspecified atom stereocenters. The van der Waals surface area contributed by atoms with Gasteiger partial charge in [0.25, 0.3) is 11.5 Å². The lowest BCUT2D eigenvalue weighted by Crippen LogP contribution is -2.62. The molecule has 250 valence electrons. The number of nitrogens with zero attached hydrogens (tertiary/aromatic N) is 4. The number of benzene rings is 1. The van der Waals surface area contributed by atoms with E-state index in [1.54, 1.807) is 30.3 Å². The molecule has 1 aliphatic carbocycles. The van der Waals surface area contributed by atoms with E-state index < -0.39 is 53.7 Å². The molecular weight excluding hydrogens is 609 g/mol. The third-order valence-electron chi connectivity index (χ3n) is 9.91. The fraction of sp³-hybridized carbons (Fsp3) is 0.562. The van der Waals surface area contributed by atoms with Crippen molar-refractivity contribution in [3.8, 4) is 11.1 Å². The summed E-state index contributed by atoms with van der Waals surface area (Å²) in [5.74, 6) is -2.84. The smallest absolute Gasteiger partial charge is 0.407 e. The van der Waals surface area contributed by atoms with Crippen LogP contribution in [0.25, 0.3) is 11.1 Å². The van der Waals surface area contributed by atoms with Crippen molar-refractivity contribution in [2.75, 3.05) is 45.9 Å². The van der Waals surface area contributed by atoms with Crippen LogP contribution in [0.2, 0.25) is 0 Å². The fourth-order valence-corrected chi connectivity index (χ4v) is 7.33. The van der Waals surface area contributed by atoms with Crippen molar-refractivity contribution in [1.82, 2.24) is 19.3 Å². The number of likely N-dealkylation sites (tertiary alicyclic amines) is 1. The molecule has 11 nitrogen and oxygen atoms in total. The molecule has 46 heavy (non-hydrogen) atoms. The summed E-state index contributed by atoms with van der Waals surface area (Å²) in [6, 6.07) is 10.2. The summed E-state index contributed by atoms with van der Waals surface area (Å²) >= 11 is 0. The predicted octanol–water partition coefficient (Wildman–Crippen LogP) is 3.04. The first-order valence-corrected chi connectivity index (χ1v) is 15.5. The van der Waals surface area contributed by atoms with Crippen LogP contribution in [0.5, 0.6) is 0 Å². The number of aliphatic hydroxyl groups excluding tert-OH is 1. The highest BCUT2D eigenvalue weighted by Gasteiger charge is 2.56. The molecule has 3 fully saturated rings. The van der Waals surface area contributed by atoms with Gasteiger partial charge in [0.15, 0.2) is 0 Å². The van der Waals surface area contributed by atoms with Crippen molar-refractivity contribution < 1.29 is 42.9 Å². The van der Waals surface area contributed by atoms with Crippen LogP contribution in [0.4, 0.5) is 18.0 Å². The normalized spacial score (nSPS) is 22.2. The minimum Gasteiger partial charge on any atom is -0.465 e. The standard InChI is InChI=1S/C32H39F3N4O7/c33-32(34,35)17-23(19-40)27(42)38-11-10-31(46,30(20-38)8-4-5-9-30)21-39-18-25(24(16-26(39)41)22-6-2-1-3-7-22)28(43)36-12-14-37(15-13-36)29(44)45/h1-3,6-7,16,18,23,40,46H,4-5,8-15,17,19-21H2,(H,44,45)/t23?,31-/m1/s1. The first-order chi connectivity index (χ1) is 21.8. The van der Waals surface area contributed by atoms with Crippen LogP contribution in [-0.2, 0) is 11.3 Å². The number of piperazine rings is 1. The van der Waals surface area contributed by atoms with Gasteiger partial charge in [-0.05, 0) is 24.8 Å². The van der Waals surface area contributed by atoms with Crippen molar-refractivity contribution >= 4 is 17.9 Å². The van der Waals surface area contributed by atoms with Crippen molar-refractivity contribution in [2.45, 2.75) is 56.8 Å². The lowest BCUT2D eigenvalue weighted by Gasteiger charge is -2.53. The molecule has 1 spiro atoms. The molecule has 1 saturated carbocycles. The summed E-state index contributed by atoms with van der Waals surface area (Å²) in [5, 5.41) is 31.2. The van der Waals surface area contributed by atoms with Crippen LogP contribution in [0.15, 0.2) is 47.4 Å². The van der Waals surface area contributed by atoms with E-state index in [1.165, 1.54) is 31.5 Å². The molecule has 2 saturated heterocycles. The molecule has 1 aromatic heterocycles. The van der Waals surface area contributed by atoms with Crippen LogP contribution in [0.3, 0.4) is 0 Å². The Morgan fingerprint density at radius 3 is 2.13 bits per heavy atom. The molecule has 3 heterocycles. The van der Waals surface area contributed by atoms with Gasteiger partial charge >= 0.3 is 12.3 Å². The highest BCUT2D eigenvalue weighted by atomic mass is 19.4. The number of pyridine rings is 1. The van der Waals surface area contributed by atoms with Gasteiger partial charge < -0.3 is 34.6 Å². The molecule has 5 rings (SSSR count). The SMILES string of the molecule is O=C(O)N1CCN(C(=O)c2cn(C[C@]3(O)CCN(C(=O)C(CO)CC(F)(F)F)CC34CCCC4)c(=O)cc2-c2ccccc2)CC1. The Morgan fingerprint density at radius 1 is 0.913 bits per heavy atom. The van der Waals surface area contributed by atoms with E-state index in [4.69, 9.17) is 0 Å². The Balaban J connectivity index is 1.45. The Labute approximate surface area is 263 Å². The van der Waals surface area contributed by atoms with Gasteiger partial charge in [0.2, 0.25) is 5.91 Å². The lowest BCUT2D eigenvalue weighted by molar-refractivity contribution is -0.175. The molecule has 3 amide bonds. The number of carbonyl (C=O) groups excluding carboxylic acids is 2. The van der Waals surface area contributed by atoms with E-state index in [1.807, 2.05) is 0 Å². The van der Waals surface area contributed by atoms with Gasteiger partial charge in [-0.2, -0.15) is 13.2 Å². The zero-order valence-electron chi connectivity index (χ0n) is 25.4. The second-order valence-electron chi connectivity index (χ2n) is 12.7. The summed E-state index contributed by atoms with van der Waals surface area (Å²) in [6.07, 6.45) is -3.28. The summed E-state index contributed by atoms with van der Waals surface area (Å²) < 4.78 is 40.6. The van der Waals surface area contributed by atoms with Gasteiger partial charge in [0.05, 0.1) is 36.7 Å². The largest absolute Gasteiger partial charge is 0.465 e. The molecule has 3 N–H and O–H groups in total. The van der Waals surface area contributed by atoms with Gasteiger partial charge in [0, 0.05) is 62.5 Å². The van der Waals surface area contributed by atoms with Gasteiger partial charge in [-0.1, -0.05) is 43.2 Å². The Kier molecular flexibility index (Phi) is 9.50. The maximum absolute atomic E-state index is 13.9. The molecule has 2 aliphatic heterocycles. The maximum Gasteiger partial charge on any atom is 0.407 e. The van der Waals surface area contributed by atoms with Gasteiger partial charge in [0.1, 0.15) is 0 Å². The van der Waals surface area contributed by atoms with Crippen LogP contribution in [-0.4, -0.2) is 110 Å². The zero-order valence-corrected chi connectivity index (χ0v) is 25.4. The number of hydrogen-bond donors (Lipinski definition) is 3. The molecule has 2 atom stereocenters. The Hall–Kier alpha value is -3.91. The average molecular weight is 649 g/mol. The summed E-state index contributed by atoms with van der Waals surface area (Å²) in [4.78, 5) is 56.1. The number of amides is 3. The van der Waals surface area contributed by atoms with E-state index in [-0.39, 0.29) is 63.7 Å². The molecular formula is C32H39F3N4O7. The molecule has 14 heteroatoms. The molecule has 2 aromatic rings. The van der Waals surface area contributed by atoms with Crippen LogP contribution < -0.4 is 5.56 Å². The van der Waals surface area contributed by atoms with Crippen molar-refractivity contribution in [3.05, 3.63) is 58.5 Å². The van der Waals surface area contributed by atoms with E-state index in [2.05, 4.69) is 0 Å². The van der Waals surface area contributed by atoms with Gasteiger partial charge in [-0.15, -0.1) is 0 Å². The van der Waals surface area contributed by atoms with Crippen LogP contribution >= 0.6 is 0 Å². The van der Waals surface area contributed by atoms with Gasteiger partial charge in [-0.25, -0.2) is 4.79 Å². The van der Waals surface area contributed by atoms with Crippen molar-refractivity contribution in [3.63, 3.8) is 0 Å². The monoisotopic (exact) mass is 648 g/mol. The second kappa shape index (κ2) is 13.1. The number of alkyl halides is 3. The number of rotatable bonds is 7. The second-order valence-corrected chi connectivity index (χ2v) is 12.7. The molecule has 1 aromatic carbocycles. The van der Waals surface area contributed by atoms with Gasteiger partial charge in [-0.3, -0.25) is 14.4 Å². The lowest BCUT2D eigenvalue weighted by atomic mass is 9.65. The number of carbonyl (C=O) groups is 3. The highest BCUT2D eigenvalue weighted by Crippen LogP contribution is 2.52. The van der Waals surface area contributed by atoms with Crippen LogP contribution in [0.1, 0.15) is 48.9 Å². The minimum atomic E-state index is -4.63. The number of aromatic nitrogens is 1. The number of hydrogen-bond acceptors (Lipinski definition) is 6. The fourth-order valence-electron chi connectivity index (χ4n) is 7.33. The van der Waals surface area contributed by atoms with E-state index in [0.717, 1.165) is 12.8 Å². The highest BCUT2D eigenvalue weighted by molar-refractivity contribution is 6.00. The maximum atomic E-state index is 13.9. The van der Waals surface area contributed by atoms with Crippen molar-refractivity contribution in [1.29, 1.82) is 0 Å². The minimum absolute atomic E-state index is 0.00376.